The van der Waals surface area contributed by atoms with Crippen LogP contribution in [0.15, 0.2) is 42.6 Å². The zero-order valence-corrected chi connectivity index (χ0v) is 24.6. The van der Waals surface area contributed by atoms with Crippen molar-refractivity contribution >= 4 is 52.4 Å². The van der Waals surface area contributed by atoms with Crippen molar-refractivity contribution < 1.29 is 54.6 Å². The average molecular weight is 698 g/mol. The van der Waals surface area contributed by atoms with Crippen molar-refractivity contribution in [2.24, 2.45) is 5.73 Å². The molecule has 19 heteroatoms. The Morgan fingerprint density at radius 3 is 2.20 bits per heavy atom. The second-order valence-corrected chi connectivity index (χ2v) is 9.93. The quantitative estimate of drug-likeness (QED) is 0.107. The van der Waals surface area contributed by atoms with Crippen LogP contribution >= 0.6 is 23.2 Å². The zero-order chi connectivity index (χ0) is 34.6. The van der Waals surface area contributed by atoms with Gasteiger partial charge in [0.1, 0.15) is 17.1 Å². The molecule has 3 amide bonds. The normalized spacial score (nSPS) is 11.6. The van der Waals surface area contributed by atoms with Crippen LogP contribution < -0.4 is 26.2 Å². The third kappa shape index (κ3) is 8.41. The molecule has 0 atom stereocenters. The maximum absolute atomic E-state index is 15.5. The van der Waals surface area contributed by atoms with Crippen LogP contribution in [0.2, 0.25) is 10.0 Å². The van der Waals surface area contributed by atoms with Gasteiger partial charge < -0.3 is 15.8 Å². The summed E-state index contributed by atoms with van der Waals surface area (Å²) in [5, 5.41) is 2.28. The third-order valence-corrected chi connectivity index (χ3v) is 6.34. The van der Waals surface area contributed by atoms with E-state index in [0.29, 0.717) is 11.1 Å². The van der Waals surface area contributed by atoms with Gasteiger partial charge in [0.05, 0.1) is 28.6 Å². The first-order valence-corrected chi connectivity index (χ1v) is 13.3. The van der Waals surface area contributed by atoms with Gasteiger partial charge in [-0.1, -0.05) is 23.2 Å². The van der Waals surface area contributed by atoms with Crippen LogP contribution in [0, 0.1) is 5.82 Å². The van der Waals surface area contributed by atoms with Gasteiger partial charge in [0.2, 0.25) is 0 Å². The molecule has 0 saturated carbocycles. The Balaban J connectivity index is 2.14. The summed E-state index contributed by atoms with van der Waals surface area (Å²) in [6.07, 6.45) is -9.84. The lowest BCUT2D eigenvalue weighted by Crippen LogP contribution is -2.43. The lowest BCUT2D eigenvalue weighted by molar-refractivity contribution is -0.173. The second-order valence-electron chi connectivity index (χ2n) is 9.05. The number of hydrogen-bond acceptors (Lipinski definition) is 7. The number of hydrazine groups is 1. The van der Waals surface area contributed by atoms with Crippen LogP contribution in [-0.2, 0) is 4.79 Å². The fourth-order valence-corrected chi connectivity index (χ4v) is 4.27. The SMILES string of the molecule is CNN(C(=O)c1c(F)cc(C(=O)C(F)(F)F)cc1OCCCNC(=O)C(F)(F)F)c1c(C(N)=O)cc(Cl)cc1-c1ccc(Cl)cn1. The van der Waals surface area contributed by atoms with E-state index in [9.17, 15) is 45.5 Å². The third-order valence-electron chi connectivity index (χ3n) is 5.90. The summed E-state index contributed by atoms with van der Waals surface area (Å²) in [4.78, 5) is 53.4. The molecule has 4 N–H and O–H groups in total. The van der Waals surface area contributed by atoms with E-state index in [1.54, 1.807) is 0 Å². The molecule has 0 bridgehead atoms. The average Bonchev–Trinajstić information content (AvgIpc) is 2.96. The van der Waals surface area contributed by atoms with Gasteiger partial charge in [-0.05, 0) is 42.8 Å². The maximum Gasteiger partial charge on any atom is 0.471 e. The van der Waals surface area contributed by atoms with Gasteiger partial charge in [-0.3, -0.25) is 24.2 Å². The molecule has 0 unspecified atom stereocenters. The first-order valence-electron chi connectivity index (χ1n) is 12.6. The van der Waals surface area contributed by atoms with Crippen molar-refractivity contribution in [1.82, 2.24) is 15.7 Å². The van der Waals surface area contributed by atoms with Crippen LogP contribution in [0.5, 0.6) is 5.75 Å². The maximum atomic E-state index is 15.5. The molecule has 0 radical (unpaired) electrons. The summed E-state index contributed by atoms with van der Waals surface area (Å²) in [6, 6.07) is 5.67. The van der Waals surface area contributed by atoms with Crippen molar-refractivity contribution in [3.05, 3.63) is 75.1 Å². The minimum Gasteiger partial charge on any atom is -0.493 e. The minimum atomic E-state index is -5.46. The molecule has 3 rings (SSSR count). The molecular weight excluding hydrogens is 678 g/mol. The molecule has 0 aliphatic rings. The molecule has 246 valence electrons. The number of nitrogens with one attached hydrogen (secondary N) is 2. The number of rotatable bonds is 11. The summed E-state index contributed by atoms with van der Waals surface area (Å²) in [5.74, 6) is -9.91. The molecule has 1 aromatic heterocycles. The van der Waals surface area contributed by atoms with E-state index in [1.807, 2.05) is 0 Å². The molecule has 1 heterocycles. The van der Waals surface area contributed by atoms with Gasteiger partial charge >= 0.3 is 18.3 Å². The molecule has 0 aliphatic heterocycles. The number of aromatic nitrogens is 1. The first-order chi connectivity index (χ1) is 21.4. The number of hydrogen-bond donors (Lipinski definition) is 3. The molecule has 0 saturated heterocycles. The van der Waals surface area contributed by atoms with E-state index in [1.165, 1.54) is 29.7 Å². The smallest absolute Gasteiger partial charge is 0.471 e. The Labute approximate surface area is 264 Å². The van der Waals surface area contributed by atoms with Crippen molar-refractivity contribution in [1.29, 1.82) is 0 Å². The molecule has 0 fully saturated rings. The number of carbonyl (C=O) groups excluding carboxylic acids is 4. The fourth-order valence-electron chi connectivity index (χ4n) is 3.94. The molecule has 46 heavy (non-hydrogen) atoms. The van der Waals surface area contributed by atoms with Crippen molar-refractivity contribution in [3.63, 3.8) is 0 Å². The molecule has 0 spiro atoms. The number of Topliss-reactive ketones (excluding diaryl/α,β-unsaturated/α-hetero) is 1. The van der Waals surface area contributed by atoms with E-state index in [2.05, 4.69) is 10.4 Å². The van der Waals surface area contributed by atoms with Gasteiger partial charge in [-0.15, -0.1) is 0 Å². The summed E-state index contributed by atoms with van der Waals surface area (Å²) in [6.45, 7) is -1.31. The molecule has 0 aliphatic carbocycles. The molecule has 10 nitrogen and oxygen atoms in total. The number of primary amides is 1. The Morgan fingerprint density at radius 1 is 0.978 bits per heavy atom. The van der Waals surface area contributed by atoms with Crippen molar-refractivity contribution in [2.75, 3.05) is 25.2 Å². The molecular formula is C27H20Cl2F7N5O5. The summed E-state index contributed by atoms with van der Waals surface area (Å²) in [5.41, 5.74) is 4.96. The van der Waals surface area contributed by atoms with Crippen LogP contribution in [-0.4, -0.2) is 61.0 Å². The summed E-state index contributed by atoms with van der Waals surface area (Å²) < 4.78 is 97.6. The number of carbonyl (C=O) groups is 4. The monoisotopic (exact) mass is 697 g/mol. The lowest BCUT2D eigenvalue weighted by Gasteiger charge is -2.27. The number of ketones is 1. The number of pyridine rings is 1. The topological polar surface area (TPSA) is 144 Å². The first kappa shape index (κ1) is 36.0. The predicted octanol–water partition coefficient (Wildman–Crippen LogP) is 5.27. The van der Waals surface area contributed by atoms with E-state index in [0.717, 1.165) is 13.1 Å². The molecule has 2 aromatic carbocycles. The van der Waals surface area contributed by atoms with E-state index >= 15 is 4.39 Å². The number of halogens is 9. The number of nitrogens with zero attached hydrogens (tertiary/aromatic N) is 2. The highest BCUT2D eigenvalue weighted by Gasteiger charge is 2.41. The van der Waals surface area contributed by atoms with Gasteiger partial charge in [0.15, 0.2) is 0 Å². The molecule has 3 aromatic rings. The van der Waals surface area contributed by atoms with Crippen LogP contribution in [0.1, 0.15) is 37.5 Å². The van der Waals surface area contributed by atoms with Crippen LogP contribution in [0.25, 0.3) is 11.3 Å². The highest BCUT2D eigenvalue weighted by molar-refractivity contribution is 6.32. The number of ether oxygens (including phenoxy) is 1. The van der Waals surface area contributed by atoms with Gasteiger partial charge in [-0.25, -0.2) is 14.8 Å². The summed E-state index contributed by atoms with van der Waals surface area (Å²) >= 11 is 12.1. The van der Waals surface area contributed by atoms with Gasteiger partial charge in [0.25, 0.3) is 17.6 Å². The standard InChI is InChI=1S/C27H20Cl2F7N5O5/c1-38-41(21-15(18-4-3-13(28)11-40-18)9-14(29)10-16(21)23(37)43)24(44)20-17(30)7-12(22(42)26(31,32)33)8-19(20)46-6-2-5-39-25(45)27(34,35)36/h3-4,7-11,38H,2,5-6H2,1H3,(H2,37,43)(H,39,45). The second kappa shape index (κ2) is 14.3. The predicted molar refractivity (Wildman–Crippen MR) is 150 cm³/mol. The number of amides is 3. The number of anilines is 1. The summed E-state index contributed by atoms with van der Waals surface area (Å²) in [7, 11) is 1.15. The van der Waals surface area contributed by atoms with E-state index in [4.69, 9.17) is 33.7 Å². The fraction of sp³-hybridized carbons (Fsp3) is 0.222. The number of benzene rings is 2. The minimum absolute atomic E-state index is 0.0205. The Morgan fingerprint density at radius 2 is 1.65 bits per heavy atom. The number of alkyl halides is 6. The largest absolute Gasteiger partial charge is 0.493 e. The highest BCUT2D eigenvalue weighted by atomic mass is 35.5. The van der Waals surface area contributed by atoms with Crippen LogP contribution in [0.4, 0.5) is 36.4 Å². The Bertz CT molecular complexity index is 1670. The van der Waals surface area contributed by atoms with Crippen molar-refractivity contribution in [3.8, 4) is 17.0 Å². The van der Waals surface area contributed by atoms with E-state index < -0.39 is 83.7 Å². The van der Waals surface area contributed by atoms with Gasteiger partial charge in [-0.2, -0.15) is 26.3 Å². The highest BCUT2D eigenvalue weighted by Crippen LogP contribution is 2.38. The van der Waals surface area contributed by atoms with Gasteiger partial charge in [0, 0.05) is 35.9 Å². The Hall–Kier alpha value is -4.48. The van der Waals surface area contributed by atoms with E-state index in [-0.39, 0.29) is 33.1 Å². The Kier molecular flexibility index (Phi) is 11.2. The lowest BCUT2D eigenvalue weighted by atomic mass is 10.0. The van der Waals surface area contributed by atoms with Crippen molar-refractivity contribution in [2.45, 2.75) is 18.8 Å². The number of nitrogens with two attached hydrogens (primary N) is 1. The zero-order valence-electron chi connectivity index (χ0n) is 23.1. The van der Waals surface area contributed by atoms with Crippen LogP contribution in [0.3, 0.4) is 0 Å².